The summed E-state index contributed by atoms with van der Waals surface area (Å²) in [6, 6.07) is 9.93. The molecule has 0 spiro atoms. The number of fused-ring (bicyclic) bond motifs is 1. The number of hydrogen-bond donors (Lipinski definition) is 3. The second kappa shape index (κ2) is 4.78. The number of hydrogen-bond acceptors (Lipinski definition) is 4. The predicted octanol–water partition coefficient (Wildman–Crippen LogP) is 2.25. The quantitative estimate of drug-likeness (QED) is 0.646. The van der Waals surface area contributed by atoms with Crippen LogP contribution >= 0.6 is 0 Å². The van der Waals surface area contributed by atoms with Crippen LogP contribution in [0, 0.1) is 6.92 Å². The summed E-state index contributed by atoms with van der Waals surface area (Å²) in [6.45, 7) is 1.82. The third kappa shape index (κ3) is 2.43. The van der Waals surface area contributed by atoms with Gasteiger partial charge in [0.25, 0.3) is 10.0 Å². The summed E-state index contributed by atoms with van der Waals surface area (Å²) in [7, 11) is -3.69. The van der Waals surface area contributed by atoms with Crippen LogP contribution in [0.3, 0.4) is 0 Å². The molecule has 6 nitrogen and oxygen atoms in total. The summed E-state index contributed by atoms with van der Waals surface area (Å²) in [5.74, 6) is 0. The van der Waals surface area contributed by atoms with Crippen molar-refractivity contribution in [3.63, 3.8) is 0 Å². The van der Waals surface area contributed by atoms with Crippen molar-refractivity contribution in [2.24, 2.45) is 0 Å². The maximum Gasteiger partial charge on any atom is 0.261 e. The van der Waals surface area contributed by atoms with E-state index in [-0.39, 0.29) is 4.90 Å². The second-order valence-electron chi connectivity index (χ2n) is 4.76. The number of benzene rings is 2. The Balaban J connectivity index is 2.03. The van der Waals surface area contributed by atoms with Gasteiger partial charge in [0.2, 0.25) is 0 Å². The number of rotatable bonds is 3. The van der Waals surface area contributed by atoms with Gasteiger partial charge in [-0.05, 0) is 36.8 Å². The van der Waals surface area contributed by atoms with Crippen molar-refractivity contribution < 1.29 is 8.42 Å². The fraction of sp³-hybridized carbons (Fsp3) is 0.0714. The lowest BCUT2D eigenvalue weighted by atomic mass is 10.2. The van der Waals surface area contributed by atoms with Crippen molar-refractivity contribution >= 4 is 32.3 Å². The fourth-order valence-corrected chi connectivity index (χ4v) is 3.16. The summed E-state index contributed by atoms with van der Waals surface area (Å²) in [6.07, 6.45) is 1.58. The van der Waals surface area contributed by atoms with Gasteiger partial charge in [-0.25, -0.2) is 8.42 Å². The average molecular weight is 302 g/mol. The largest absolute Gasteiger partial charge is 0.398 e. The van der Waals surface area contributed by atoms with Crippen LogP contribution < -0.4 is 10.5 Å². The molecule has 0 aliphatic rings. The van der Waals surface area contributed by atoms with Gasteiger partial charge in [0, 0.05) is 11.1 Å². The van der Waals surface area contributed by atoms with Crippen LogP contribution in [0.4, 0.5) is 11.4 Å². The van der Waals surface area contributed by atoms with Crippen molar-refractivity contribution in [2.45, 2.75) is 11.8 Å². The van der Waals surface area contributed by atoms with Gasteiger partial charge in [0.15, 0.2) is 0 Å². The Hall–Kier alpha value is -2.54. The Morgan fingerprint density at radius 3 is 2.81 bits per heavy atom. The number of nitrogens with two attached hydrogens (primary N) is 1. The Morgan fingerprint density at radius 2 is 2.05 bits per heavy atom. The maximum atomic E-state index is 12.4. The number of nitrogen functional groups attached to an aromatic ring is 1. The molecule has 0 atom stereocenters. The lowest BCUT2D eigenvalue weighted by molar-refractivity contribution is 0.601. The average Bonchev–Trinajstić information content (AvgIpc) is 2.91. The van der Waals surface area contributed by atoms with E-state index in [0.29, 0.717) is 16.8 Å². The minimum atomic E-state index is -3.69. The van der Waals surface area contributed by atoms with Gasteiger partial charge in [0.1, 0.15) is 0 Å². The lowest BCUT2D eigenvalue weighted by Crippen LogP contribution is -2.13. The number of sulfonamides is 1. The zero-order chi connectivity index (χ0) is 15.0. The monoisotopic (exact) mass is 302 g/mol. The molecule has 4 N–H and O–H groups in total. The zero-order valence-corrected chi connectivity index (χ0v) is 12.1. The highest BCUT2D eigenvalue weighted by Gasteiger charge is 2.16. The van der Waals surface area contributed by atoms with Gasteiger partial charge in [-0.2, -0.15) is 5.10 Å². The molecule has 108 valence electrons. The summed E-state index contributed by atoms with van der Waals surface area (Å²) in [4.78, 5) is 0.131. The number of anilines is 2. The molecule has 0 aliphatic heterocycles. The normalized spacial score (nSPS) is 11.7. The Labute approximate surface area is 122 Å². The molecule has 0 saturated carbocycles. The predicted molar refractivity (Wildman–Crippen MR) is 82.5 cm³/mol. The van der Waals surface area contributed by atoms with Gasteiger partial charge < -0.3 is 5.73 Å². The summed E-state index contributed by atoms with van der Waals surface area (Å²) in [5, 5.41) is 7.42. The molecule has 1 aromatic heterocycles. The minimum absolute atomic E-state index is 0.131. The van der Waals surface area contributed by atoms with Gasteiger partial charge >= 0.3 is 0 Å². The molecule has 0 aliphatic carbocycles. The highest BCUT2D eigenvalue weighted by molar-refractivity contribution is 7.92. The molecular formula is C14H14N4O2S. The zero-order valence-electron chi connectivity index (χ0n) is 11.3. The fourth-order valence-electron chi connectivity index (χ4n) is 2.05. The van der Waals surface area contributed by atoms with Crippen molar-refractivity contribution in [1.29, 1.82) is 0 Å². The van der Waals surface area contributed by atoms with Gasteiger partial charge in [-0.15, -0.1) is 0 Å². The van der Waals surface area contributed by atoms with E-state index in [1.807, 2.05) is 13.0 Å². The molecule has 0 amide bonds. The number of H-pyrrole nitrogens is 1. The lowest BCUT2D eigenvalue weighted by Gasteiger charge is -2.10. The molecule has 7 heteroatoms. The third-order valence-electron chi connectivity index (χ3n) is 3.29. The number of aromatic nitrogens is 2. The Kier molecular flexibility index (Phi) is 3.06. The highest BCUT2D eigenvalue weighted by atomic mass is 32.2. The molecule has 0 radical (unpaired) electrons. The smallest absolute Gasteiger partial charge is 0.261 e. The van der Waals surface area contributed by atoms with Crippen LogP contribution in [0.5, 0.6) is 0 Å². The van der Waals surface area contributed by atoms with E-state index in [9.17, 15) is 8.42 Å². The first kappa shape index (κ1) is 13.4. The van der Waals surface area contributed by atoms with Gasteiger partial charge in [-0.3, -0.25) is 9.82 Å². The van der Waals surface area contributed by atoms with Crippen molar-refractivity contribution in [3.05, 3.63) is 48.2 Å². The van der Waals surface area contributed by atoms with Crippen LogP contribution in [0.25, 0.3) is 10.9 Å². The number of aryl methyl sites for hydroxylation is 1. The van der Waals surface area contributed by atoms with E-state index < -0.39 is 10.0 Å². The van der Waals surface area contributed by atoms with E-state index in [4.69, 9.17) is 5.73 Å². The van der Waals surface area contributed by atoms with Crippen LogP contribution in [0.15, 0.2) is 47.5 Å². The number of nitrogens with zero attached hydrogens (tertiary/aromatic N) is 1. The molecule has 2 aromatic carbocycles. The molecule has 0 bridgehead atoms. The second-order valence-corrected chi connectivity index (χ2v) is 6.44. The summed E-state index contributed by atoms with van der Waals surface area (Å²) < 4.78 is 27.4. The van der Waals surface area contributed by atoms with E-state index in [1.54, 1.807) is 24.4 Å². The molecule has 3 rings (SSSR count). The molecule has 3 aromatic rings. The summed E-state index contributed by atoms with van der Waals surface area (Å²) >= 11 is 0. The molecule has 1 heterocycles. The SMILES string of the molecule is Cc1ccc(S(=O)(=O)Nc2cccc3[nH]ncc23)cc1N. The van der Waals surface area contributed by atoms with Crippen LogP contribution in [-0.2, 0) is 10.0 Å². The molecule has 0 saturated heterocycles. The molecule has 0 fully saturated rings. The van der Waals surface area contributed by atoms with E-state index in [2.05, 4.69) is 14.9 Å². The van der Waals surface area contributed by atoms with Crippen LogP contribution in [0.1, 0.15) is 5.56 Å². The van der Waals surface area contributed by atoms with E-state index in [1.165, 1.54) is 12.1 Å². The summed E-state index contributed by atoms with van der Waals surface area (Å²) in [5.41, 5.74) is 8.30. The standard InChI is InChI=1S/C14H14N4O2S/c1-9-5-6-10(7-12(9)15)21(19,20)18-14-4-2-3-13-11(14)8-16-17-13/h2-8,18H,15H2,1H3,(H,16,17). The van der Waals surface area contributed by atoms with Crippen LogP contribution in [-0.4, -0.2) is 18.6 Å². The van der Waals surface area contributed by atoms with E-state index in [0.717, 1.165) is 11.1 Å². The van der Waals surface area contributed by atoms with Crippen molar-refractivity contribution in [1.82, 2.24) is 10.2 Å². The van der Waals surface area contributed by atoms with Crippen LogP contribution in [0.2, 0.25) is 0 Å². The molecule has 0 unspecified atom stereocenters. The Morgan fingerprint density at radius 1 is 1.24 bits per heavy atom. The third-order valence-corrected chi connectivity index (χ3v) is 4.65. The minimum Gasteiger partial charge on any atom is -0.398 e. The molecule has 21 heavy (non-hydrogen) atoms. The van der Waals surface area contributed by atoms with Crippen molar-refractivity contribution in [3.8, 4) is 0 Å². The first-order valence-corrected chi connectivity index (χ1v) is 7.77. The van der Waals surface area contributed by atoms with Gasteiger partial charge in [-0.1, -0.05) is 12.1 Å². The number of aromatic amines is 1. The molecular weight excluding hydrogens is 288 g/mol. The first-order chi connectivity index (χ1) is 9.97. The number of nitrogens with one attached hydrogen (secondary N) is 2. The highest BCUT2D eigenvalue weighted by Crippen LogP contribution is 2.25. The first-order valence-electron chi connectivity index (χ1n) is 6.28. The maximum absolute atomic E-state index is 12.4. The topological polar surface area (TPSA) is 101 Å². The Bertz CT molecular complexity index is 916. The van der Waals surface area contributed by atoms with Gasteiger partial charge in [0.05, 0.1) is 22.3 Å². The van der Waals surface area contributed by atoms with Crippen molar-refractivity contribution in [2.75, 3.05) is 10.5 Å². The van der Waals surface area contributed by atoms with E-state index >= 15 is 0 Å².